The lowest BCUT2D eigenvalue weighted by Crippen LogP contribution is -2.19. The van der Waals surface area contributed by atoms with E-state index in [0.717, 1.165) is 10.6 Å². The molecule has 0 bridgehead atoms. The van der Waals surface area contributed by atoms with E-state index in [2.05, 4.69) is 20.3 Å². The van der Waals surface area contributed by atoms with Crippen LogP contribution in [-0.4, -0.2) is 35.0 Å². The van der Waals surface area contributed by atoms with Gasteiger partial charge < -0.3 is 4.90 Å². The Morgan fingerprint density at radius 2 is 2.05 bits per heavy atom. The number of rotatable bonds is 4. The van der Waals surface area contributed by atoms with Crippen molar-refractivity contribution in [2.75, 3.05) is 24.3 Å². The Morgan fingerprint density at radius 1 is 1.33 bits per heavy atom. The van der Waals surface area contributed by atoms with Gasteiger partial charge in [-0.15, -0.1) is 11.3 Å². The van der Waals surface area contributed by atoms with Gasteiger partial charge in [0.25, 0.3) is 5.91 Å². The van der Waals surface area contributed by atoms with Crippen LogP contribution in [0.2, 0.25) is 0 Å². The summed E-state index contributed by atoms with van der Waals surface area (Å²) in [5.41, 5.74) is 1.19. The lowest BCUT2D eigenvalue weighted by atomic mass is 10.1. The van der Waals surface area contributed by atoms with Crippen LogP contribution >= 0.6 is 11.3 Å². The molecule has 1 amide bonds. The van der Waals surface area contributed by atoms with Crippen molar-refractivity contribution < 1.29 is 4.79 Å². The van der Waals surface area contributed by atoms with Crippen molar-refractivity contribution in [1.29, 1.82) is 0 Å². The van der Waals surface area contributed by atoms with Crippen LogP contribution in [0.15, 0.2) is 12.3 Å². The van der Waals surface area contributed by atoms with Crippen LogP contribution in [0.4, 0.5) is 11.1 Å². The molecule has 0 fully saturated rings. The predicted octanol–water partition coefficient (Wildman–Crippen LogP) is 2.68. The van der Waals surface area contributed by atoms with Gasteiger partial charge in [-0.2, -0.15) is 0 Å². The summed E-state index contributed by atoms with van der Waals surface area (Å²) in [5.74, 6) is 0.485. The Hall–Kier alpha value is -2.02. The molecule has 0 spiro atoms. The SMILES string of the molecule is Cc1cnc(NC(=O)c2cc(C(C)C)nc(N(C)C)n2)s1. The minimum atomic E-state index is -0.267. The summed E-state index contributed by atoms with van der Waals surface area (Å²) in [6.07, 6.45) is 1.73. The lowest BCUT2D eigenvalue weighted by Gasteiger charge is -2.14. The van der Waals surface area contributed by atoms with Crippen LogP contribution in [0, 0.1) is 6.92 Å². The third-order valence-electron chi connectivity index (χ3n) is 2.80. The zero-order valence-electron chi connectivity index (χ0n) is 12.8. The molecular formula is C14H19N5OS. The van der Waals surface area contributed by atoms with Gasteiger partial charge in [0.15, 0.2) is 5.13 Å². The molecule has 0 aromatic carbocycles. The van der Waals surface area contributed by atoms with Crippen molar-refractivity contribution in [3.63, 3.8) is 0 Å². The second-order valence-corrected chi connectivity index (χ2v) is 6.49. The second-order valence-electron chi connectivity index (χ2n) is 5.26. The van der Waals surface area contributed by atoms with Gasteiger partial charge in [-0.05, 0) is 18.9 Å². The lowest BCUT2D eigenvalue weighted by molar-refractivity contribution is 0.102. The van der Waals surface area contributed by atoms with E-state index < -0.39 is 0 Å². The number of aromatic nitrogens is 3. The Morgan fingerprint density at radius 3 is 2.57 bits per heavy atom. The first kappa shape index (κ1) is 15.4. The minimum absolute atomic E-state index is 0.223. The molecule has 0 saturated heterocycles. The molecule has 0 aliphatic heterocycles. The third-order valence-corrected chi connectivity index (χ3v) is 3.63. The van der Waals surface area contributed by atoms with Crippen molar-refractivity contribution in [1.82, 2.24) is 15.0 Å². The van der Waals surface area contributed by atoms with E-state index >= 15 is 0 Å². The zero-order chi connectivity index (χ0) is 15.6. The molecule has 2 aromatic heterocycles. The van der Waals surface area contributed by atoms with Gasteiger partial charge in [0.2, 0.25) is 5.95 Å². The van der Waals surface area contributed by atoms with E-state index in [1.807, 2.05) is 34.9 Å². The molecule has 2 heterocycles. The second kappa shape index (κ2) is 6.17. The highest BCUT2D eigenvalue weighted by Crippen LogP contribution is 2.19. The average molecular weight is 305 g/mol. The number of nitrogens with zero attached hydrogens (tertiary/aromatic N) is 4. The molecule has 2 rings (SSSR count). The van der Waals surface area contributed by atoms with E-state index in [9.17, 15) is 4.79 Å². The average Bonchev–Trinajstić information content (AvgIpc) is 2.83. The number of nitrogens with one attached hydrogen (secondary N) is 1. The molecule has 2 aromatic rings. The molecule has 6 nitrogen and oxygen atoms in total. The standard InChI is InChI=1S/C14H19N5OS/c1-8(2)10-6-11(17-13(16-10)19(4)5)12(20)18-14-15-7-9(3)21-14/h6-8H,1-5H3,(H,15,18,20). The monoisotopic (exact) mass is 305 g/mol. The van der Waals surface area contributed by atoms with Crippen molar-refractivity contribution in [2.24, 2.45) is 0 Å². The fraction of sp³-hybridized carbons (Fsp3) is 0.429. The molecule has 0 aliphatic carbocycles. The van der Waals surface area contributed by atoms with Gasteiger partial charge in [0.1, 0.15) is 5.69 Å². The molecule has 0 atom stereocenters. The van der Waals surface area contributed by atoms with E-state index in [1.54, 1.807) is 17.2 Å². The molecule has 0 saturated carbocycles. The van der Waals surface area contributed by atoms with Crippen molar-refractivity contribution in [3.8, 4) is 0 Å². The molecular weight excluding hydrogens is 286 g/mol. The Labute approximate surface area is 128 Å². The smallest absolute Gasteiger partial charge is 0.276 e. The number of hydrogen-bond acceptors (Lipinski definition) is 6. The first-order valence-electron chi connectivity index (χ1n) is 6.67. The van der Waals surface area contributed by atoms with Gasteiger partial charge in [0, 0.05) is 30.9 Å². The molecule has 1 N–H and O–H groups in total. The van der Waals surface area contributed by atoms with Gasteiger partial charge in [-0.3, -0.25) is 10.1 Å². The highest BCUT2D eigenvalue weighted by molar-refractivity contribution is 7.15. The quantitative estimate of drug-likeness (QED) is 0.940. The minimum Gasteiger partial charge on any atom is -0.347 e. The highest BCUT2D eigenvalue weighted by Gasteiger charge is 2.15. The maximum Gasteiger partial charge on any atom is 0.276 e. The molecule has 0 unspecified atom stereocenters. The fourth-order valence-electron chi connectivity index (χ4n) is 1.64. The summed E-state index contributed by atoms with van der Waals surface area (Å²) >= 11 is 1.43. The van der Waals surface area contributed by atoms with Crippen molar-refractivity contribution in [3.05, 3.63) is 28.5 Å². The van der Waals surface area contributed by atoms with Crippen molar-refractivity contribution in [2.45, 2.75) is 26.7 Å². The Balaban J connectivity index is 2.31. The number of amides is 1. The summed E-state index contributed by atoms with van der Waals surface area (Å²) in [5, 5.41) is 3.35. The summed E-state index contributed by atoms with van der Waals surface area (Å²) in [6, 6.07) is 1.73. The number of carbonyl (C=O) groups excluding carboxylic acids is 1. The normalized spacial score (nSPS) is 10.8. The van der Waals surface area contributed by atoms with Crippen LogP contribution in [0.25, 0.3) is 0 Å². The summed E-state index contributed by atoms with van der Waals surface area (Å²) in [7, 11) is 3.70. The van der Waals surface area contributed by atoms with E-state index in [1.165, 1.54) is 11.3 Å². The zero-order valence-corrected chi connectivity index (χ0v) is 13.7. The van der Waals surface area contributed by atoms with Crippen LogP contribution in [0.1, 0.15) is 40.8 Å². The predicted molar refractivity (Wildman–Crippen MR) is 85.3 cm³/mol. The fourth-order valence-corrected chi connectivity index (χ4v) is 2.30. The van der Waals surface area contributed by atoms with Gasteiger partial charge in [0.05, 0.1) is 0 Å². The Kier molecular flexibility index (Phi) is 4.52. The maximum absolute atomic E-state index is 12.3. The van der Waals surface area contributed by atoms with E-state index in [-0.39, 0.29) is 11.8 Å². The molecule has 0 radical (unpaired) electrons. The molecule has 0 aliphatic rings. The molecule has 7 heteroatoms. The van der Waals surface area contributed by atoms with Crippen molar-refractivity contribution >= 4 is 28.3 Å². The summed E-state index contributed by atoms with van der Waals surface area (Å²) in [4.78, 5) is 28.0. The number of carbonyl (C=O) groups is 1. The Bertz CT molecular complexity index is 624. The maximum atomic E-state index is 12.3. The first-order valence-corrected chi connectivity index (χ1v) is 7.48. The highest BCUT2D eigenvalue weighted by atomic mass is 32.1. The topological polar surface area (TPSA) is 71.0 Å². The van der Waals surface area contributed by atoms with Crippen LogP contribution in [0.3, 0.4) is 0 Å². The largest absolute Gasteiger partial charge is 0.347 e. The number of anilines is 2. The number of hydrogen-bond donors (Lipinski definition) is 1. The first-order chi connectivity index (χ1) is 9.86. The number of aryl methyl sites for hydroxylation is 1. The number of thiazole rings is 1. The van der Waals surface area contributed by atoms with E-state index in [4.69, 9.17) is 0 Å². The van der Waals surface area contributed by atoms with Crippen LogP contribution in [0.5, 0.6) is 0 Å². The third kappa shape index (κ3) is 3.75. The van der Waals surface area contributed by atoms with Crippen LogP contribution < -0.4 is 10.2 Å². The molecule has 21 heavy (non-hydrogen) atoms. The molecule has 112 valence electrons. The van der Waals surface area contributed by atoms with Gasteiger partial charge >= 0.3 is 0 Å². The van der Waals surface area contributed by atoms with Gasteiger partial charge in [-0.25, -0.2) is 15.0 Å². The summed E-state index contributed by atoms with van der Waals surface area (Å²) < 4.78 is 0. The van der Waals surface area contributed by atoms with E-state index in [0.29, 0.717) is 16.8 Å². The summed E-state index contributed by atoms with van der Waals surface area (Å²) in [6.45, 7) is 6.01. The van der Waals surface area contributed by atoms with Gasteiger partial charge in [-0.1, -0.05) is 13.8 Å². The van der Waals surface area contributed by atoms with Crippen LogP contribution in [-0.2, 0) is 0 Å².